The molecule has 0 aliphatic carbocycles. The summed E-state index contributed by atoms with van der Waals surface area (Å²) in [6.07, 6.45) is 2.61. The number of hydrogen-bond acceptors (Lipinski definition) is 4. The topological polar surface area (TPSA) is 130 Å². The third kappa shape index (κ3) is 6.20. The Morgan fingerprint density at radius 1 is 1.35 bits per heavy atom. The summed E-state index contributed by atoms with van der Waals surface area (Å²) in [5.74, 6) is -1.12. The lowest BCUT2D eigenvalue weighted by Gasteiger charge is -2.34. The minimum Gasteiger partial charge on any atom is -0.481 e. The van der Waals surface area contributed by atoms with E-state index in [0.717, 1.165) is 12.8 Å². The molecule has 0 spiro atoms. The Bertz CT molecular complexity index is 451. The van der Waals surface area contributed by atoms with Gasteiger partial charge in [0.15, 0.2) is 0 Å². The van der Waals surface area contributed by atoms with Crippen molar-refractivity contribution >= 4 is 22.0 Å². The fraction of sp³-hybridized carbons (Fsp3) is 0.818. The Hall–Kier alpha value is -1.35. The zero-order chi connectivity index (χ0) is 15.2. The van der Waals surface area contributed by atoms with Crippen molar-refractivity contribution in [3.63, 3.8) is 0 Å². The van der Waals surface area contributed by atoms with Crippen molar-refractivity contribution in [2.24, 2.45) is 5.14 Å². The number of carbonyl (C=O) groups excluding carboxylic acids is 1. The predicted molar refractivity (Wildman–Crippen MR) is 72.6 cm³/mol. The highest BCUT2D eigenvalue weighted by Gasteiger charge is 2.28. The molecule has 1 atom stereocenters. The molecule has 9 heteroatoms. The number of nitrogens with one attached hydrogen (secondary N) is 1. The van der Waals surface area contributed by atoms with Crippen molar-refractivity contribution in [3.05, 3.63) is 0 Å². The van der Waals surface area contributed by atoms with Gasteiger partial charge in [0, 0.05) is 19.1 Å². The van der Waals surface area contributed by atoms with Crippen molar-refractivity contribution in [2.75, 3.05) is 18.8 Å². The van der Waals surface area contributed by atoms with E-state index in [1.165, 1.54) is 4.90 Å². The number of amides is 2. The third-order valence-electron chi connectivity index (χ3n) is 3.18. The van der Waals surface area contributed by atoms with Crippen LogP contribution in [-0.2, 0) is 14.8 Å². The Morgan fingerprint density at radius 2 is 2.05 bits per heavy atom. The molecule has 0 aromatic carbocycles. The first-order valence-corrected chi connectivity index (χ1v) is 8.28. The van der Waals surface area contributed by atoms with Crippen LogP contribution in [0.15, 0.2) is 0 Å². The molecular formula is C11H21N3O5S. The number of aliphatic carboxylic acids is 1. The summed E-state index contributed by atoms with van der Waals surface area (Å²) in [6, 6.07) is -0.634. The van der Waals surface area contributed by atoms with Crippen LogP contribution in [0.4, 0.5) is 4.79 Å². The molecule has 1 heterocycles. The highest BCUT2D eigenvalue weighted by atomic mass is 32.2. The number of primary sulfonamides is 1. The summed E-state index contributed by atoms with van der Waals surface area (Å²) >= 11 is 0. The van der Waals surface area contributed by atoms with Crippen molar-refractivity contribution in [2.45, 2.75) is 38.1 Å². The fourth-order valence-electron chi connectivity index (χ4n) is 2.25. The summed E-state index contributed by atoms with van der Waals surface area (Å²) in [5.41, 5.74) is 0. The number of likely N-dealkylation sites (tertiary alicyclic amines) is 1. The van der Waals surface area contributed by atoms with E-state index in [9.17, 15) is 18.0 Å². The average molecular weight is 307 g/mol. The number of urea groups is 1. The number of sulfonamides is 1. The number of piperidine rings is 1. The first-order chi connectivity index (χ1) is 9.29. The SMILES string of the molecule is NS(=O)(=O)CCCNC(=O)N1CCCCC1CC(=O)O. The second-order valence-electron chi connectivity index (χ2n) is 4.89. The van der Waals surface area contributed by atoms with Crippen LogP contribution in [0.1, 0.15) is 32.1 Å². The number of carboxylic acid groups (broad SMARTS) is 1. The van der Waals surface area contributed by atoms with Gasteiger partial charge >= 0.3 is 12.0 Å². The summed E-state index contributed by atoms with van der Waals surface area (Å²) < 4.78 is 21.5. The van der Waals surface area contributed by atoms with Crippen molar-refractivity contribution < 1.29 is 23.1 Å². The van der Waals surface area contributed by atoms with Gasteiger partial charge in [0.25, 0.3) is 0 Å². The van der Waals surface area contributed by atoms with Gasteiger partial charge in [0.2, 0.25) is 10.0 Å². The Balaban J connectivity index is 2.41. The summed E-state index contributed by atoms with van der Waals surface area (Å²) in [5, 5.41) is 16.3. The Morgan fingerprint density at radius 3 is 2.65 bits per heavy atom. The summed E-state index contributed by atoms with van der Waals surface area (Å²) in [4.78, 5) is 24.2. The molecule has 0 radical (unpaired) electrons. The lowest BCUT2D eigenvalue weighted by Crippen LogP contribution is -2.49. The molecule has 8 nitrogen and oxygen atoms in total. The van der Waals surface area contributed by atoms with E-state index in [1.807, 2.05) is 0 Å². The van der Waals surface area contributed by atoms with E-state index < -0.39 is 16.0 Å². The average Bonchev–Trinajstić information content (AvgIpc) is 2.33. The van der Waals surface area contributed by atoms with E-state index in [1.54, 1.807) is 0 Å². The molecule has 1 rings (SSSR count). The molecular weight excluding hydrogens is 286 g/mol. The second-order valence-corrected chi connectivity index (χ2v) is 6.63. The van der Waals surface area contributed by atoms with Crippen molar-refractivity contribution in [1.29, 1.82) is 0 Å². The van der Waals surface area contributed by atoms with Crippen LogP contribution < -0.4 is 10.5 Å². The highest BCUT2D eigenvalue weighted by molar-refractivity contribution is 7.89. The zero-order valence-electron chi connectivity index (χ0n) is 11.2. The van der Waals surface area contributed by atoms with Gasteiger partial charge in [-0.05, 0) is 25.7 Å². The van der Waals surface area contributed by atoms with E-state index >= 15 is 0 Å². The molecule has 0 bridgehead atoms. The van der Waals surface area contributed by atoms with Gasteiger partial charge < -0.3 is 15.3 Å². The Labute approximate surface area is 118 Å². The monoisotopic (exact) mass is 307 g/mol. The summed E-state index contributed by atoms with van der Waals surface area (Å²) in [6.45, 7) is 0.727. The van der Waals surface area contributed by atoms with Crippen molar-refractivity contribution in [1.82, 2.24) is 10.2 Å². The number of carbonyl (C=O) groups is 2. The molecule has 0 saturated carbocycles. The number of hydrogen-bond donors (Lipinski definition) is 3. The van der Waals surface area contributed by atoms with Crippen LogP contribution in [-0.4, -0.2) is 55.3 Å². The number of rotatable bonds is 6. The molecule has 1 aliphatic heterocycles. The van der Waals surface area contributed by atoms with Gasteiger partial charge in [0.1, 0.15) is 0 Å². The largest absolute Gasteiger partial charge is 0.481 e. The zero-order valence-corrected chi connectivity index (χ0v) is 12.1. The maximum Gasteiger partial charge on any atom is 0.317 e. The predicted octanol–water partition coefficient (Wildman–Crippen LogP) is -0.296. The number of nitrogens with zero attached hydrogens (tertiary/aromatic N) is 1. The lowest BCUT2D eigenvalue weighted by molar-refractivity contribution is -0.138. The van der Waals surface area contributed by atoms with Crippen LogP contribution in [0.2, 0.25) is 0 Å². The van der Waals surface area contributed by atoms with E-state index in [0.29, 0.717) is 13.0 Å². The number of nitrogens with two attached hydrogens (primary N) is 1. The van der Waals surface area contributed by atoms with Crippen LogP contribution in [0.25, 0.3) is 0 Å². The van der Waals surface area contributed by atoms with E-state index in [-0.39, 0.29) is 37.2 Å². The van der Waals surface area contributed by atoms with Crippen molar-refractivity contribution in [3.8, 4) is 0 Å². The Kier molecular flexibility index (Phi) is 6.21. The van der Waals surface area contributed by atoms with Gasteiger partial charge in [-0.2, -0.15) is 0 Å². The van der Waals surface area contributed by atoms with Gasteiger partial charge in [-0.25, -0.2) is 18.4 Å². The maximum atomic E-state index is 12.0. The molecule has 1 fully saturated rings. The van der Waals surface area contributed by atoms with Crippen LogP contribution >= 0.6 is 0 Å². The van der Waals surface area contributed by atoms with Gasteiger partial charge in [-0.15, -0.1) is 0 Å². The third-order valence-corrected chi connectivity index (χ3v) is 4.04. The minimum atomic E-state index is -3.52. The van der Waals surface area contributed by atoms with Crippen LogP contribution in [0, 0.1) is 0 Å². The van der Waals surface area contributed by atoms with Gasteiger partial charge in [-0.1, -0.05) is 0 Å². The van der Waals surface area contributed by atoms with Crippen LogP contribution in [0.3, 0.4) is 0 Å². The van der Waals surface area contributed by atoms with E-state index in [2.05, 4.69) is 5.32 Å². The van der Waals surface area contributed by atoms with E-state index in [4.69, 9.17) is 10.2 Å². The van der Waals surface area contributed by atoms with Crippen LogP contribution in [0.5, 0.6) is 0 Å². The smallest absolute Gasteiger partial charge is 0.317 e. The molecule has 1 aliphatic rings. The molecule has 0 aromatic rings. The lowest BCUT2D eigenvalue weighted by atomic mass is 10.00. The molecule has 1 unspecified atom stereocenters. The van der Waals surface area contributed by atoms with Gasteiger partial charge in [0.05, 0.1) is 12.2 Å². The summed E-state index contributed by atoms with van der Waals surface area (Å²) in [7, 11) is -3.52. The quantitative estimate of drug-likeness (QED) is 0.580. The molecule has 116 valence electrons. The second kappa shape index (κ2) is 7.44. The van der Waals surface area contributed by atoms with Gasteiger partial charge in [-0.3, -0.25) is 4.79 Å². The fourth-order valence-corrected chi connectivity index (χ4v) is 2.80. The maximum absolute atomic E-state index is 12.0. The molecule has 1 saturated heterocycles. The first kappa shape index (κ1) is 16.7. The first-order valence-electron chi connectivity index (χ1n) is 6.56. The number of carboxylic acids is 1. The highest BCUT2D eigenvalue weighted by Crippen LogP contribution is 2.19. The molecule has 4 N–H and O–H groups in total. The normalized spacial score (nSPS) is 19.6. The molecule has 20 heavy (non-hydrogen) atoms. The minimum absolute atomic E-state index is 0.0649. The molecule has 2 amide bonds. The molecule has 0 aromatic heterocycles. The standard InChI is InChI=1S/C11H21N3O5S/c12-20(18,19)7-3-5-13-11(17)14-6-2-1-4-9(14)8-10(15)16/h9H,1-8H2,(H,13,17)(H,15,16)(H2,12,18,19).